The molecule has 0 aromatic heterocycles. The van der Waals surface area contributed by atoms with Crippen LogP contribution in [-0.2, 0) is 4.74 Å². The standard InChI is InChI=1S/C13H27NO2/c1-3-14-13(2,11-15)8-4-5-9-16-10-12-6-7-12/h12,14-15H,3-11H2,1-2H3. The molecule has 96 valence electrons. The minimum Gasteiger partial charge on any atom is -0.394 e. The molecular formula is C13H27NO2. The van der Waals surface area contributed by atoms with Gasteiger partial charge in [0, 0.05) is 18.8 Å². The van der Waals surface area contributed by atoms with Gasteiger partial charge in [0.2, 0.25) is 0 Å². The summed E-state index contributed by atoms with van der Waals surface area (Å²) in [6.07, 6.45) is 5.97. The molecule has 1 rings (SSSR count). The lowest BCUT2D eigenvalue weighted by molar-refractivity contribution is 0.114. The number of rotatable bonds is 10. The van der Waals surface area contributed by atoms with Crippen LogP contribution in [0.15, 0.2) is 0 Å². The third kappa shape index (κ3) is 5.83. The van der Waals surface area contributed by atoms with E-state index in [0.29, 0.717) is 0 Å². The number of aliphatic hydroxyl groups excluding tert-OH is 1. The maximum absolute atomic E-state index is 9.31. The predicted octanol–water partition coefficient (Wildman–Crippen LogP) is 1.94. The van der Waals surface area contributed by atoms with Crippen molar-refractivity contribution in [1.29, 1.82) is 0 Å². The number of unbranched alkanes of at least 4 members (excludes halogenated alkanes) is 1. The van der Waals surface area contributed by atoms with Gasteiger partial charge in [0.1, 0.15) is 0 Å². The van der Waals surface area contributed by atoms with Gasteiger partial charge in [-0.05, 0) is 51.5 Å². The Morgan fingerprint density at radius 1 is 1.38 bits per heavy atom. The van der Waals surface area contributed by atoms with Crippen molar-refractivity contribution in [2.45, 2.75) is 51.5 Å². The SMILES string of the molecule is CCNC(C)(CO)CCCCOCC1CC1. The lowest BCUT2D eigenvalue weighted by Gasteiger charge is -2.28. The molecule has 0 spiro atoms. The van der Waals surface area contributed by atoms with Crippen LogP contribution in [0, 0.1) is 5.92 Å². The number of nitrogens with one attached hydrogen (secondary N) is 1. The molecule has 1 atom stereocenters. The van der Waals surface area contributed by atoms with E-state index in [-0.39, 0.29) is 12.1 Å². The fourth-order valence-corrected chi connectivity index (χ4v) is 1.90. The monoisotopic (exact) mass is 229 g/mol. The summed E-state index contributed by atoms with van der Waals surface area (Å²) < 4.78 is 5.58. The second-order valence-corrected chi connectivity index (χ2v) is 5.22. The van der Waals surface area contributed by atoms with Gasteiger partial charge < -0.3 is 15.2 Å². The fourth-order valence-electron chi connectivity index (χ4n) is 1.90. The molecule has 0 saturated heterocycles. The van der Waals surface area contributed by atoms with Crippen molar-refractivity contribution in [3.8, 4) is 0 Å². The third-order valence-corrected chi connectivity index (χ3v) is 3.27. The average Bonchev–Trinajstić information content (AvgIpc) is 3.07. The van der Waals surface area contributed by atoms with E-state index in [2.05, 4.69) is 19.2 Å². The second-order valence-electron chi connectivity index (χ2n) is 5.22. The maximum Gasteiger partial charge on any atom is 0.0610 e. The quantitative estimate of drug-likeness (QED) is 0.563. The molecule has 0 amide bonds. The average molecular weight is 229 g/mol. The van der Waals surface area contributed by atoms with Crippen LogP contribution in [0.1, 0.15) is 46.0 Å². The summed E-state index contributed by atoms with van der Waals surface area (Å²) >= 11 is 0. The highest BCUT2D eigenvalue weighted by atomic mass is 16.5. The van der Waals surface area contributed by atoms with Crippen molar-refractivity contribution in [1.82, 2.24) is 5.32 Å². The molecule has 16 heavy (non-hydrogen) atoms. The molecule has 0 aliphatic heterocycles. The van der Waals surface area contributed by atoms with Crippen LogP contribution in [0.25, 0.3) is 0 Å². The van der Waals surface area contributed by atoms with Crippen molar-refractivity contribution in [3.63, 3.8) is 0 Å². The summed E-state index contributed by atoms with van der Waals surface area (Å²) in [4.78, 5) is 0. The van der Waals surface area contributed by atoms with Gasteiger partial charge in [0.25, 0.3) is 0 Å². The van der Waals surface area contributed by atoms with Crippen molar-refractivity contribution in [2.24, 2.45) is 5.92 Å². The first-order valence-corrected chi connectivity index (χ1v) is 6.64. The molecule has 0 bridgehead atoms. The van der Waals surface area contributed by atoms with E-state index < -0.39 is 0 Å². The van der Waals surface area contributed by atoms with Gasteiger partial charge in [-0.3, -0.25) is 0 Å². The first kappa shape index (κ1) is 13.9. The van der Waals surface area contributed by atoms with E-state index in [9.17, 15) is 5.11 Å². The van der Waals surface area contributed by atoms with E-state index in [4.69, 9.17) is 4.74 Å². The Balaban J connectivity index is 1.94. The van der Waals surface area contributed by atoms with E-state index in [1.54, 1.807) is 0 Å². The number of ether oxygens (including phenoxy) is 1. The summed E-state index contributed by atoms with van der Waals surface area (Å²) in [6.45, 7) is 7.13. The minimum atomic E-state index is -0.106. The largest absolute Gasteiger partial charge is 0.394 e. The first-order valence-electron chi connectivity index (χ1n) is 6.64. The van der Waals surface area contributed by atoms with Gasteiger partial charge in [-0.25, -0.2) is 0 Å². The third-order valence-electron chi connectivity index (χ3n) is 3.27. The Labute approximate surface area is 99.6 Å². The van der Waals surface area contributed by atoms with Crippen LogP contribution >= 0.6 is 0 Å². The zero-order valence-electron chi connectivity index (χ0n) is 10.8. The Morgan fingerprint density at radius 3 is 2.69 bits per heavy atom. The highest BCUT2D eigenvalue weighted by Gasteiger charge is 2.22. The van der Waals surface area contributed by atoms with E-state index >= 15 is 0 Å². The summed E-state index contributed by atoms with van der Waals surface area (Å²) in [5.41, 5.74) is -0.106. The number of likely N-dealkylation sites (N-methyl/N-ethyl adjacent to an activating group) is 1. The van der Waals surface area contributed by atoms with E-state index in [0.717, 1.165) is 44.9 Å². The highest BCUT2D eigenvalue weighted by molar-refractivity contribution is 4.81. The van der Waals surface area contributed by atoms with Crippen LogP contribution in [0.3, 0.4) is 0 Å². The van der Waals surface area contributed by atoms with Gasteiger partial charge in [-0.1, -0.05) is 6.92 Å². The fraction of sp³-hybridized carbons (Fsp3) is 1.00. The number of aliphatic hydroxyl groups is 1. The summed E-state index contributed by atoms with van der Waals surface area (Å²) in [5.74, 6) is 0.865. The van der Waals surface area contributed by atoms with Gasteiger partial charge in [-0.15, -0.1) is 0 Å². The van der Waals surface area contributed by atoms with E-state index in [1.165, 1.54) is 12.8 Å². The molecule has 1 aliphatic carbocycles. The summed E-state index contributed by atoms with van der Waals surface area (Å²) in [7, 11) is 0. The molecule has 1 aliphatic rings. The molecule has 2 N–H and O–H groups in total. The lowest BCUT2D eigenvalue weighted by Crippen LogP contribution is -2.45. The zero-order chi connectivity index (χ0) is 11.9. The molecule has 0 aromatic carbocycles. The topological polar surface area (TPSA) is 41.5 Å². The molecule has 1 saturated carbocycles. The molecule has 3 heteroatoms. The minimum absolute atomic E-state index is 0.106. The van der Waals surface area contributed by atoms with Gasteiger partial charge in [-0.2, -0.15) is 0 Å². The van der Waals surface area contributed by atoms with Crippen molar-refractivity contribution < 1.29 is 9.84 Å². The normalized spacial score (nSPS) is 19.7. The predicted molar refractivity (Wildman–Crippen MR) is 66.6 cm³/mol. The Morgan fingerprint density at radius 2 is 2.12 bits per heavy atom. The lowest BCUT2D eigenvalue weighted by atomic mass is 9.96. The molecule has 3 nitrogen and oxygen atoms in total. The Hall–Kier alpha value is -0.120. The van der Waals surface area contributed by atoms with Crippen LogP contribution in [0.5, 0.6) is 0 Å². The smallest absolute Gasteiger partial charge is 0.0610 e. The van der Waals surface area contributed by atoms with Crippen molar-refractivity contribution in [3.05, 3.63) is 0 Å². The zero-order valence-corrected chi connectivity index (χ0v) is 10.8. The number of hydrogen-bond donors (Lipinski definition) is 2. The maximum atomic E-state index is 9.31. The van der Waals surface area contributed by atoms with Crippen LogP contribution in [0.2, 0.25) is 0 Å². The van der Waals surface area contributed by atoms with Crippen molar-refractivity contribution in [2.75, 3.05) is 26.4 Å². The highest BCUT2D eigenvalue weighted by Crippen LogP contribution is 2.28. The Bertz CT molecular complexity index is 183. The molecule has 1 unspecified atom stereocenters. The van der Waals surface area contributed by atoms with Crippen LogP contribution in [0.4, 0.5) is 0 Å². The Kier molecular flexibility index (Phi) is 6.32. The second kappa shape index (κ2) is 7.25. The van der Waals surface area contributed by atoms with Crippen molar-refractivity contribution >= 4 is 0 Å². The molecule has 0 aromatic rings. The number of hydrogen-bond acceptors (Lipinski definition) is 3. The summed E-state index contributed by atoms with van der Waals surface area (Å²) in [5, 5.41) is 12.6. The van der Waals surface area contributed by atoms with Gasteiger partial charge in [0.15, 0.2) is 0 Å². The molecule has 0 heterocycles. The van der Waals surface area contributed by atoms with Gasteiger partial charge in [0.05, 0.1) is 6.61 Å². The summed E-state index contributed by atoms with van der Waals surface area (Å²) in [6, 6.07) is 0. The first-order chi connectivity index (χ1) is 7.70. The van der Waals surface area contributed by atoms with Crippen LogP contribution in [-0.4, -0.2) is 37.0 Å². The van der Waals surface area contributed by atoms with E-state index in [1.807, 2.05) is 0 Å². The van der Waals surface area contributed by atoms with Crippen LogP contribution < -0.4 is 5.32 Å². The van der Waals surface area contributed by atoms with Gasteiger partial charge >= 0.3 is 0 Å². The molecular weight excluding hydrogens is 202 g/mol. The molecule has 0 radical (unpaired) electrons. The molecule has 1 fully saturated rings.